The van der Waals surface area contributed by atoms with E-state index in [1.165, 1.54) is 11.3 Å². The fourth-order valence-electron chi connectivity index (χ4n) is 2.09. The quantitative estimate of drug-likeness (QED) is 0.866. The Kier molecular flexibility index (Phi) is 6.48. The number of rotatable bonds is 4. The molecule has 1 aromatic rings. The molecule has 1 fully saturated rings. The SMILES string of the molecule is Cl.NC1CCN(C(=O)CCC(=O)c2cccs2)CC1. The maximum absolute atomic E-state index is 11.9. The smallest absolute Gasteiger partial charge is 0.223 e. The zero-order chi connectivity index (χ0) is 13.0. The molecular weight excluding hydrogens is 284 g/mol. The van der Waals surface area contributed by atoms with Gasteiger partial charge in [0.2, 0.25) is 5.91 Å². The van der Waals surface area contributed by atoms with Gasteiger partial charge >= 0.3 is 0 Å². The first-order valence-electron chi connectivity index (χ1n) is 6.27. The number of amides is 1. The van der Waals surface area contributed by atoms with E-state index in [1.54, 1.807) is 6.07 Å². The molecule has 1 aromatic heterocycles. The van der Waals surface area contributed by atoms with Gasteiger partial charge in [0, 0.05) is 32.0 Å². The van der Waals surface area contributed by atoms with Crippen LogP contribution in [0.5, 0.6) is 0 Å². The van der Waals surface area contributed by atoms with Gasteiger partial charge in [0.25, 0.3) is 0 Å². The maximum atomic E-state index is 11.9. The average molecular weight is 303 g/mol. The van der Waals surface area contributed by atoms with E-state index < -0.39 is 0 Å². The van der Waals surface area contributed by atoms with Crippen LogP contribution in [0.1, 0.15) is 35.4 Å². The van der Waals surface area contributed by atoms with Crippen molar-refractivity contribution >= 4 is 35.4 Å². The van der Waals surface area contributed by atoms with Crippen molar-refractivity contribution in [2.45, 2.75) is 31.7 Å². The van der Waals surface area contributed by atoms with Crippen LogP contribution in [-0.2, 0) is 4.79 Å². The Bertz CT molecular complexity index is 414. The molecule has 2 heterocycles. The second-order valence-corrected chi connectivity index (χ2v) is 5.57. The van der Waals surface area contributed by atoms with Gasteiger partial charge in [0.05, 0.1) is 4.88 Å². The predicted octanol–water partition coefficient (Wildman–Crippen LogP) is 2.08. The lowest BCUT2D eigenvalue weighted by Gasteiger charge is -2.30. The summed E-state index contributed by atoms with van der Waals surface area (Å²) >= 11 is 1.43. The summed E-state index contributed by atoms with van der Waals surface area (Å²) in [6.07, 6.45) is 2.35. The van der Waals surface area contributed by atoms with Crippen molar-refractivity contribution in [1.82, 2.24) is 4.90 Å². The van der Waals surface area contributed by atoms with E-state index in [0.717, 1.165) is 30.8 Å². The monoisotopic (exact) mass is 302 g/mol. The Morgan fingerprint density at radius 2 is 2.00 bits per heavy atom. The van der Waals surface area contributed by atoms with Crippen molar-refractivity contribution in [1.29, 1.82) is 0 Å². The summed E-state index contributed by atoms with van der Waals surface area (Å²) in [5.74, 6) is 0.138. The van der Waals surface area contributed by atoms with Gasteiger partial charge in [-0.2, -0.15) is 0 Å². The average Bonchev–Trinajstić information content (AvgIpc) is 2.90. The van der Waals surface area contributed by atoms with Crippen LogP contribution in [0.15, 0.2) is 17.5 Å². The molecule has 4 nitrogen and oxygen atoms in total. The lowest BCUT2D eigenvalue weighted by atomic mass is 10.1. The molecule has 1 aliphatic heterocycles. The second kappa shape index (κ2) is 7.62. The summed E-state index contributed by atoms with van der Waals surface area (Å²) < 4.78 is 0. The lowest BCUT2D eigenvalue weighted by molar-refractivity contribution is -0.132. The predicted molar refractivity (Wildman–Crippen MR) is 78.9 cm³/mol. The molecule has 19 heavy (non-hydrogen) atoms. The van der Waals surface area contributed by atoms with Gasteiger partial charge in [0.1, 0.15) is 0 Å². The molecule has 0 aromatic carbocycles. The van der Waals surface area contributed by atoms with Crippen molar-refractivity contribution in [3.8, 4) is 0 Å². The van der Waals surface area contributed by atoms with Crippen LogP contribution in [0, 0.1) is 0 Å². The van der Waals surface area contributed by atoms with E-state index in [2.05, 4.69) is 0 Å². The maximum Gasteiger partial charge on any atom is 0.223 e. The largest absolute Gasteiger partial charge is 0.343 e. The first-order chi connectivity index (χ1) is 8.66. The fourth-order valence-corrected chi connectivity index (χ4v) is 2.78. The Labute approximate surface area is 123 Å². The summed E-state index contributed by atoms with van der Waals surface area (Å²) in [5, 5.41) is 1.88. The highest BCUT2D eigenvalue weighted by Gasteiger charge is 2.21. The van der Waals surface area contributed by atoms with Gasteiger partial charge in [0.15, 0.2) is 5.78 Å². The van der Waals surface area contributed by atoms with E-state index in [1.807, 2.05) is 16.3 Å². The summed E-state index contributed by atoms with van der Waals surface area (Å²) in [5.41, 5.74) is 5.79. The highest BCUT2D eigenvalue weighted by Crippen LogP contribution is 2.14. The van der Waals surface area contributed by atoms with E-state index in [9.17, 15) is 9.59 Å². The van der Waals surface area contributed by atoms with E-state index in [4.69, 9.17) is 5.73 Å². The summed E-state index contributed by atoms with van der Waals surface area (Å²) in [4.78, 5) is 26.2. The van der Waals surface area contributed by atoms with Crippen LogP contribution in [0.4, 0.5) is 0 Å². The standard InChI is InChI=1S/C13H18N2O2S.ClH/c14-10-5-7-15(8-6-10)13(17)4-3-11(16)12-2-1-9-18-12;/h1-2,9-10H,3-8,14H2;1H. The number of hydrogen-bond donors (Lipinski definition) is 1. The van der Waals surface area contributed by atoms with E-state index in [0.29, 0.717) is 12.8 Å². The third-order valence-electron chi connectivity index (χ3n) is 3.25. The van der Waals surface area contributed by atoms with E-state index >= 15 is 0 Å². The highest BCUT2D eigenvalue weighted by atomic mass is 35.5. The van der Waals surface area contributed by atoms with Gasteiger partial charge in [-0.25, -0.2) is 0 Å². The zero-order valence-corrected chi connectivity index (χ0v) is 12.3. The number of ketones is 1. The number of carbonyl (C=O) groups excluding carboxylic acids is 2. The molecule has 0 unspecified atom stereocenters. The zero-order valence-electron chi connectivity index (χ0n) is 10.7. The number of halogens is 1. The molecule has 0 atom stereocenters. The third-order valence-corrected chi connectivity index (χ3v) is 4.17. The van der Waals surface area contributed by atoms with Crippen LogP contribution >= 0.6 is 23.7 Å². The van der Waals surface area contributed by atoms with Gasteiger partial charge < -0.3 is 10.6 Å². The van der Waals surface area contributed by atoms with Crippen molar-refractivity contribution in [3.05, 3.63) is 22.4 Å². The normalized spacial score (nSPS) is 15.9. The van der Waals surface area contributed by atoms with Crippen LogP contribution < -0.4 is 5.73 Å². The van der Waals surface area contributed by atoms with Crippen molar-refractivity contribution in [3.63, 3.8) is 0 Å². The van der Waals surface area contributed by atoms with Crippen LogP contribution in [0.3, 0.4) is 0 Å². The molecular formula is C13H19ClN2O2S. The van der Waals surface area contributed by atoms with E-state index in [-0.39, 0.29) is 30.1 Å². The number of hydrogen-bond acceptors (Lipinski definition) is 4. The number of nitrogens with two attached hydrogens (primary N) is 1. The summed E-state index contributed by atoms with van der Waals surface area (Å²) in [6, 6.07) is 3.88. The molecule has 0 bridgehead atoms. The highest BCUT2D eigenvalue weighted by molar-refractivity contribution is 7.12. The van der Waals surface area contributed by atoms with Gasteiger partial charge in [-0.3, -0.25) is 9.59 Å². The second-order valence-electron chi connectivity index (χ2n) is 4.62. The van der Waals surface area contributed by atoms with Crippen LogP contribution in [0.25, 0.3) is 0 Å². The fraction of sp³-hybridized carbons (Fsp3) is 0.538. The van der Waals surface area contributed by atoms with Gasteiger partial charge in [-0.1, -0.05) is 6.07 Å². The molecule has 0 aliphatic carbocycles. The molecule has 0 spiro atoms. The molecule has 1 amide bonds. The molecule has 6 heteroatoms. The van der Waals surface area contributed by atoms with Crippen LogP contribution in [-0.4, -0.2) is 35.7 Å². The minimum atomic E-state index is 0. The molecule has 2 rings (SSSR count). The number of carbonyl (C=O) groups is 2. The minimum absolute atomic E-state index is 0. The summed E-state index contributed by atoms with van der Waals surface area (Å²) in [6.45, 7) is 1.46. The number of thiophene rings is 1. The number of piperidine rings is 1. The molecule has 106 valence electrons. The third kappa shape index (κ3) is 4.60. The molecule has 0 radical (unpaired) electrons. The van der Waals surface area contributed by atoms with Crippen molar-refractivity contribution < 1.29 is 9.59 Å². The van der Waals surface area contributed by atoms with Crippen molar-refractivity contribution in [2.24, 2.45) is 5.73 Å². The Morgan fingerprint density at radius 3 is 2.58 bits per heavy atom. The molecule has 0 saturated carbocycles. The topological polar surface area (TPSA) is 63.4 Å². The number of nitrogens with zero attached hydrogens (tertiary/aromatic N) is 1. The minimum Gasteiger partial charge on any atom is -0.343 e. The molecule has 2 N–H and O–H groups in total. The number of likely N-dealkylation sites (tertiary alicyclic amines) is 1. The van der Waals surface area contributed by atoms with Crippen LogP contribution in [0.2, 0.25) is 0 Å². The molecule has 1 saturated heterocycles. The first-order valence-corrected chi connectivity index (χ1v) is 7.15. The lowest BCUT2D eigenvalue weighted by Crippen LogP contribution is -2.42. The van der Waals surface area contributed by atoms with Gasteiger partial charge in [-0.05, 0) is 24.3 Å². The first kappa shape index (κ1) is 16.1. The Morgan fingerprint density at radius 1 is 1.32 bits per heavy atom. The van der Waals surface area contributed by atoms with Crippen molar-refractivity contribution in [2.75, 3.05) is 13.1 Å². The molecule has 1 aliphatic rings. The van der Waals surface area contributed by atoms with Gasteiger partial charge in [-0.15, -0.1) is 23.7 Å². The Balaban J connectivity index is 0.00000180. The Hall–Kier alpha value is -0.910. The number of Topliss-reactive ketones (excluding diaryl/α,β-unsaturated/α-hetero) is 1. The summed E-state index contributed by atoms with van der Waals surface area (Å²) in [7, 11) is 0.